The van der Waals surface area contributed by atoms with Gasteiger partial charge in [0, 0.05) is 24.1 Å². The molecule has 0 aliphatic carbocycles. The van der Waals surface area contributed by atoms with Crippen LogP contribution in [-0.2, 0) is 19.1 Å². The number of nitro benzene ring substituents is 1. The van der Waals surface area contributed by atoms with Gasteiger partial charge in [-0.3, -0.25) is 19.7 Å². The highest BCUT2D eigenvalue weighted by Crippen LogP contribution is 2.17. The predicted octanol–water partition coefficient (Wildman–Crippen LogP) is 1.91. The molecular weight excluding hydrogens is 344 g/mol. The number of aryl methyl sites for hydroxylation is 1. The fraction of sp³-hybridized carbons (Fsp3) is 0.471. The van der Waals surface area contributed by atoms with E-state index in [2.05, 4.69) is 5.32 Å². The zero-order valence-electron chi connectivity index (χ0n) is 14.9. The Morgan fingerprint density at radius 2 is 1.85 bits per heavy atom. The van der Waals surface area contributed by atoms with Gasteiger partial charge in [0.1, 0.15) is 6.04 Å². The van der Waals surface area contributed by atoms with Crippen LogP contribution in [0.15, 0.2) is 18.2 Å². The van der Waals surface area contributed by atoms with Crippen molar-refractivity contribution in [2.45, 2.75) is 39.7 Å². The number of non-ortho nitro benzene ring substituents is 1. The second kappa shape index (κ2) is 10.1. The molecule has 0 fully saturated rings. The number of hydrogen-bond acceptors (Lipinski definition) is 7. The van der Waals surface area contributed by atoms with Gasteiger partial charge < -0.3 is 14.8 Å². The zero-order chi connectivity index (χ0) is 19.7. The van der Waals surface area contributed by atoms with E-state index in [0.717, 1.165) is 0 Å². The molecule has 0 aliphatic rings. The number of carbonyl (C=O) groups excluding carboxylic acids is 3. The molecule has 0 radical (unpaired) electrons. The van der Waals surface area contributed by atoms with Crippen molar-refractivity contribution >= 4 is 23.5 Å². The smallest absolute Gasteiger partial charge is 0.328 e. The number of ether oxygens (including phenoxy) is 2. The Morgan fingerprint density at radius 1 is 1.19 bits per heavy atom. The molecule has 0 aliphatic heterocycles. The number of benzene rings is 1. The highest BCUT2D eigenvalue weighted by molar-refractivity contribution is 5.98. The molecule has 1 aromatic carbocycles. The number of nitrogens with zero attached hydrogens (tertiary/aromatic N) is 1. The number of rotatable bonds is 9. The molecular formula is C17H22N2O7. The summed E-state index contributed by atoms with van der Waals surface area (Å²) in [5.74, 6) is -1.73. The highest BCUT2D eigenvalue weighted by atomic mass is 16.6. The van der Waals surface area contributed by atoms with E-state index in [4.69, 9.17) is 9.47 Å². The normalized spacial score (nSPS) is 11.3. The van der Waals surface area contributed by atoms with Gasteiger partial charge in [-0.05, 0) is 38.8 Å². The lowest BCUT2D eigenvalue weighted by atomic mass is 10.1. The summed E-state index contributed by atoms with van der Waals surface area (Å²) in [6.45, 7) is 5.20. The van der Waals surface area contributed by atoms with Gasteiger partial charge in [0.2, 0.25) is 0 Å². The first-order valence-corrected chi connectivity index (χ1v) is 8.18. The van der Waals surface area contributed by atoms with E-state index in [-0.39, 0.29) is 37.3 Å². The van der Waals surface area contributed by atoms with Crippen LogP contribution in [0.4, 0.5) is 5.69 Å². The number of nitro groups is 1. The lowest BCUT2D eigenvalue weighted by Gasteiger charge is -2.17. The van der Waals surface area contributed by atoms with Crippen LogP contribution in [0.2, 0.25) is 0 Å². The van der Waals surface area contributed by atoms with Gasteiger partial charge in [0.25, 0.3) is 11.6 Å². The Morgan fingerprint density at radius 3 is 2.38 bits per heavy atom. The molecule has 0 aromatic heterocycles. The first-order valence-electron chi connectivity index (χ1n) is 8.18. The van der Waals surface area contributed by atoms with Gasteiger partial charge >= 0.3 is 11.9 Å². The SMILES string of the molecule is CCOC(=O)CC[C@@H](NC(=O)c1ccc([N+](=O)[O-])cc1C)C(=O)OCC. The number of esters is 2. The lowest BCUT2D eigenvalue weighted by Crippen LogP contribution is -2.42. The number of hydrogen-bond donors (Lipinski definition) is 1. The van der Waals surface area contributed by atoms with Gasteiger partial charge in [-0.15, -0.1) is 0 Å². The number of amides is 1. The molecule has 142 valence electrons. The van der Waals surface area contributed by atoms with Crippen molar-refractivity contribution < 1.29 is 28.8 Å². The fourth-order valence-corrected chi connectivity index (χ4v) is 2.24. The molecule has 26 heavy (non-hydrogen) atoms. The minimum absolute atomic E-state index is 0.0232. The molecule has 0 unspecified atom stereocenters. The summed E-state index contributed by atoms with van der Waals surface area (Å²) in [4.78, 5) is 46.2. The van der Waals surface area contributed by atoms with Crippen LogP contribution < -0.4 is 5.32 Å². The van der Waals surface area contributed by atoms with Crippen molar-refractivity contribution in [2.75, 3.05) is 13.2 Å². The van der Waals surface area contributed by atoms with Crippen molar-refractivity contribution in [3.8, 4) is 0 Å². The summed E-state index contributed by atoms with van der Waals surface area (Å²) in [5.41, 5.74) is 0.453. The van der Waals surface area contributed by atoms with Crippen LogP contribution in [0, 0.1) is 17.0 Å². The number of carbonyl (C=O) groups is 3. The highest BCUT2D eigenvalue weighted by Gasteiger charge is 2.25. The molecule has 1 rings (SSSR count). The van der Waals surface area contributed by atoms with E-state index in [0.29, 0.717) is 5.56 Å². The maximum absolute atomic E-state index is 12.4. The van der Waals surface area contributed by atoms with Gasteiger partial charge in [-0.2, -0.15) is 0 Å². The fourth-order valence-electron chi connectivity index (χ4n) is 2.24. The minimum atomic E-state index is -1.03. The van der Waals surface area contributed by atoms with Gasteiger partial charge in [0.05, 0.1) is 18.1 Å². The Bertz CT molecular complexity index is 688. The molecule has 0 heterocycles. The Kier molecular flexibility index (Phi) is 8.20. The molecule has 1 amide bonds. The first kappa shape index (κ1) is 21.1. The van der Waals surface area contributed by atoms with Crippen molar-refractivity contribution in [3.63, 3.8) is 0 Å². The number of nitrogens with one attached hydrogen (secondary N) is 1. The molecule has 0 saturated carbocycles. The summed E-state index contributed by atoms with van der Waals surface area (Å²) in [7, 11) is 0. The second-order valence-corrected chi connectivity index (χ2v) is 5.38. The van der Waals surface area contributed by atoms with Crippen molar-refractivity contribution in [1.82, 2.24) is 5.32 Å². The third-order valence-electron chi connectivity index (χ3n) is 3.48. The van der Waals surface area contributed by atoms with Crippen LogP contribution in [0.1, 0.15) is 42.6 Å². The quantitative estimate of drug-likeness (QED) is 0.402. The topological polar surface area (TPSA) is 125 Å². The van der Waals surface area contributed by atoms with Gasteiger partial charge in [-0.25, -0.2) is 4.79 Å². The van der Waals surface area contributed by atoms with Crippen LogP contribution in [0.5, 0.6) is 0 Å². The third-order valence-corrected chi connectivity index (χ3v) is 3.48. The van der Waals surface area contributed by atoms with Crippen LogP contribution in [-0.4, -0.2) is 42.0 Å². The molecule has 9 heteroatoms. The Hall–Kier alpha value is -2.97. The Labute approximate surface area is 150 Å². The van der Waals surface area contributed by atoms with Crippen LogP contribution in [0.25, 0.3) is 0 Å². The lowest BCUT2D eigenvalue weighted by molar-refractivity contribution is -0.384. The molecule has 0 saturated heterocycles. The van der Waals surface area contributed by atoms with Crippen LogP contribution >= 0.6 is 0 Å². The van der Waals surface area contributed by atoms with Crippen molar-refractivity contribution in [1.29, 1.82) is 0 Å². The molecule has 0 bridgehead atoms. The summed E-state index contributed by atoms with van der Waals surface area (Å²) in [6, 6.07) is 2.77. The van der Waals surface area contributed by atoms with E-state index in [1.807, 2.05) is 0 Å². The second-order valence-electron chi connectivity index (χ2n) is 5.38. The maximum atomic E-state index is 12.4. The third kappa shape index (κ3) is 6.15. The summed E-state index contributed by atoms with van der Waals surface area (Å²) >= 11 is 0. The van der Waals surface area contributed by atoms with Crippen LogP contribution in [0.3, 0.4) is 0 Å². The molecule has 1 N–H and O–H groups in total. The molecule has 9 nitrogen and oxygen atoms in total. The molecule has 1 aromatic rings. The average Bonchev–Trinajstić information content (AvgIpc) is 2.58. The maximum Gasteiger partial charge on any atom is 0.328 e. The monoisotopic (exact) mass is 366 g/mol. The van der Waals surface area contributed by atoms with E-state index < -0.39 is 28.8 Å². The van der Waals surface area contributed by atoms with E-state index in [9.17, 15) is 24.5 Å². The standard InChI is InChI=1S/C17H22N2O7/c1-4-25-15(20)9-8-14(17(22)26-5-2)18-16(21)13-7-6-12(19(23)24)10-11(13)3/h6-7,10,14H,4-5,8-9H2,1-3H3,(H,18,21)/t14-/m1/s1. The largest absolute Gasteiger partial charge is 0.466 e. The van der Waals surface area contributed by atoms with Gasteiger partial charge in [-0.1, -0.05) is 0 Å². The molecule has 0 spiro atoms. The first-order chi connectivity index (χ1) is 12.3. The van der Waals surface area contributed by atoms with E-state index in [1.54, 1.807) is 20.8 Å². The van der Waals surface area contributed by atoms with Crippen molar-refractivity contribution in [3.05, 3.63) is 39.4 Å². The average molecular weight is 366 g/mol. The predicted molar refractivity (Wildman–Crippen MR) is 91.6 cm³/mol. The Balaban J connectivity index is 2.88. The van der Waals surface area contributed by atoms with Crippen molar-refractivity contribution in [2.24, 2.45) is 0 Å². The molecule has 1 atom stereocenters. The summed E-state index contributed by atoms with van der Waals surface area (Å²) in [6.07, 6.45) is -0.0354. The minimum Gasteiger partial charge on any atom is -0.466 e. The van der Waals surface area contributed by atoms with E-state index in [1.165, 1.54) is 18.2 Å². The summed E-state index contributed by atoms with van der Waals surface area (Å²) in [5, 5.41) is 13.3. The summed E-state index contributed by atoms with van der Waals surface area (Å²) < 4.78 is 9.73. The van der Waals surface area contributed by atoms with Gasteiger partial charge in [0.15, 0.2) is 0 Å². The van der Waals surface area contributed by atoms with E-state index >= 15 is 0 Å². The zero-order valence-corrected chi connectivity index (χ0v) is 14.9.